The molecule has 2 saturated heterocycles. The molecule has 1 amide bonds. The fourth-order valence-electron chi connectivity index (χ4n) is 13.9. The number of ether oxygens (including phenoxy) is 3. The summed E-state index contributed by atoms with van der Waals surface area (Å²) in [5, 5.41) is 36.1. The predicted molar refractivity (Wildman–Crippen MR) is 179 cm³/mol. The molecule has 47 heavy (non-hydrogen) atoms. The number of carbonyl (C=O) groups excluding carboxylic acids is 1. The molecular weight excluding hydrogens is 596 g/mol. The third kappa shape index (κ3) is 4.78. The summed E-state index contributed by atoms with van der Waals surface area (Å²) >= 11 is 0. The summed E-state index contributed by atoms with van der Waals surface area (Å²) in [6.45, 7) is 20.6. The summed E-state index contributed by atoms with van der Waals surface area (Å²) in [5.74, 6) is 1.57. The summed E-state index contributed by atoms with van der Waals surface area (Å²) in [6, 6.07) is 0. The Kier molecular flexibility index (Phi) is 8.26. The van der Waals surface area contributed by atoms with Crippen LogP contribution in [-0.2, 0) is 14.2 Å². The standard InChI is InChI=1S/C38H64N2O7/c1-9-45-31(34(5,6)44)24-18-22(2)28-29(46-24)30(42)36(8)26-11-10-25-33(3,4)27(47-32(43)39-16-17-40-19-23(41)20-40)12-13-37(25)21-38(26,37)15-14-35(28,36)7/h22-31,41-42,44H,9-21H2,1-8H3,(H,39,43)/t22-,24-,25+,26+,27+,28+,29+,30+,31+,35-,36-,37-,38+/m1/s1. The van der Waals surface area contributed by atoms with Gasteiger partial charge in [-0.1, -0.05) is 34.6 Å². The Bertz CT molecular complexity index is 1220. The molecule has 13 atom stereocenters. The van der Waals surface area contributed by atoms with Crippen LogP contribution in [0.1, 0.15) is 107 Å². The number of aliphatic hydroxyl groups excluding tert-OH is 2. The smallest absolute Gasteiger partial charge is 0.407 e. The van der Waals surface area contributed by atoms with E-state index in [9.17, 15) is 20.1 Å². The van der Waals surface area contributed by atoms with Gasteiger partial charge in [0.1, 0.15) is 12.2 Å². The molecule has 5 saturated carbocycles. The van der Waals surface area contributed by atoms with Crippen molar-refractivity contribution in [3.63, 3.8) is 0 Å². The maximum Gasteiger partial charge on any atom is 0.407 e. The molecule has 0 radical (unpaired) electrons. The number of alkyl carbamates (subject to hydrolysis) is 1. The van der Waals surface area contributed by atoms with Gasteiger partial charge in [0.25, 0.3) is 0 Å². The second-order valence-corrected chi connectivity index (χ2v) is 18.8. The first-order valence-electron chi connectivity index (χ1n) is 19.0. The molecule has 9 nitrogen and oxygen atoms in total. The lowest BCUT2D eigenvalue weighted by Crippen LogP contribution is -2.60. The zero-order valence-corrected chi connectivity index (χ0v) is 30.4. The minimum Gasteiger partial charge on any atom is -0.446 e. The van der Waals surface area contributed by atoms with E-state index < -0.39 is 17.8 Å². The van der Waals surface area contributed by atoms with Crippen molar-refractivity contribution in [1.29, 1.82) is 0 Å². The number of carbonyl (C=O) groups is 1. The average Bonchev–Trinajstić information content (AvgIpc) is 3.60. The van der Waals surface area contributed by atoms with Crippen LogP contribution in [0.5, 0.6) is 0 Å². The Balaban J connectivity index is 1.08. The topological polar surface area (TPSA) is 121 Å². The molecule has 0 bridgehead atoms. The fourth-order valence-corrected chi connectivity index (χ4v) is 13.9. The van der Waals surface area contributed by atoms with Crippen molar-refractivity contribution in [1.82, 2.24) is 10.2 Å². The van der Waals surface area contributed by atoms with Crippen molar-refractivity contribution in [2.45, 2.75) is 149 Å². The normalized spacial score (nSPS) is 49.3. The molecule has 4 N–H and O–H groups in total. The van der Waals surface area contributed by atoms with Crippen LogP contribution in [0.25, 0.3) is 0 Å². The largest absolute Gasteiger partial charge is 0.446 e. The van der Waals surface area contributed by atoms with Crippen LogP contribution >= 0.6 is 0 Å². The zero-order valence-electron chi connectivity index (χ0n) is 30.4. The van der Waals surface area contributed by atoms with Crippen LogP contribution in [0.15, 0.2) is 0 Å². The second-order valence-electron chi connectivity index (χ2n) is 18.8. The van der Waals surface area contributed by atoms with E-state index in [4.69, 9.17) is 14.2 Å². The molecule has 9 heteroatoms. The van der Waals surface area contributed by atoms with Crippen LogP contribution in [0.3, 0.4) is 0 Å². The number of likely N-dealkylation sites (tertiary alicyclic amines) is 1. The van der Waals surface area contributed by atoms with Crippen molar-refractivity contribution in [3.8, 4) is 0 Å². The van der Waals surface area contributed by atoms with Gasteiger partial charge < -0.3 is 34.8 Å². The molecule has 7 rings (SSSR count). The second kappa shape index (κ2) is 11.3. The molecule has 268 valence electrons. The zero-order chi connectivity index (χ0) is 33.9. The van der Waals surface area contributed by atoms with Gasteiger partial charge in [-0.05, 0) is 112 Å². The van der Waals surface area contributed by atoms with Gasteiger partial charge >= 0.3 is 6.09 Å². The molecule has 0 unspecified atom stereocenters. The lowest BCUT2D eigenvalue weighted by Gasteiger charge is -2.63. The van der Waals surface area contributed by atoms with E-state index in [1.54, 1.807) is 0 Å². The molecule has 2 spiro atoms. The highest BCUT2D eigenvalue weighted by molar-refractivity contribution is 5.67. The Labute approximate surface area is 282 Å². The molecule has 0 aromatic heterocycles. The Hall–Kier alpha value is -0.970. The number of rotatable bonds is 8. The number of hydrogen-bond acceptors (Lipinski definition) is 8. The lowest BCUT2D eigenvalue weighted by molar-refractivity contribution is -0.215. The summed E-state index contributed by atoms with van der Waals surface area (Å²) in [6.07, 6.45) is 6.43. The molecule has 7 aliphatic rings. The monoisotopic (exact) mass is 660 g/mol. The first-order chi connectivity index (χ1) is 22.0. The number of nitrogens with one attached hydrogen (secondary N) is 1. The Morgan fingerprint density at radius 3 is 2.38 bits per heavy atom. The van der Waals surface area contributed by atoms with Gasteiger partial charge in [0, 0.05) is 43.6 Å². The summed E-state index contributed by atoms with van der Waals surface area (Å²) in [7, 11) is 0. The van der Waals surface area contributed by atoms with E-state index in [2.05, 4.69) is 44.8 Å². The van der Waals surface area contributed by atoms with Crippen molar-refractivity contribution < 1.29 is 34.3 Å². The Morgan fingerprint density at radius 2 is 1.72 bits per heavy atom. The predicted octanol–water partition coefficient (Wildman–Crippen LogP) is 4.75. The number of amides is 1. The first-order valence-corrected chi connectivity index (χ1v) is 19.0. The third-order valence-electron chi connectivity index (χ3n) is 16.0. The van der Waals surface area contributed by atoms with E-state index in [1.807, 2.05) is 20.8 Å². The molecule has 2 heterocycles. The summed E-state index contributed by atoms with van der Waals surface area (Å²) < 4.78 is 19.2. The van der Waals surface area contributed by atoms with E-state index in [1.165, 1.54) is 12.8 Å². The molecule has 0 aromatic carbocycles. The van der Waals surface area contributed by atoms with Gasteiger partial charge in [0.05, 0.1) is 30.0 Å². The van der Waals surface area contributed by atoms with Crippen molar-refractivity contribution in [2.24, 2.45) is 50.7 Å². The average molecular weight is 661 g/mol. The van der Waals surface area contributed by atoms with Crippen LogP contribution in [0.4, 0.5) is 4.79 Å². The van der Waals surface area contributed by atoms with E-state index >= 15 is 0 Å². The maximum atomic E-state index is 12.9. The van der Waals surface area contributed by atoms with Crippen molar-refractivity contribution in [2.75, 3.05) is 32.8 Å². The molecular formula is C38H64N2O7. The van der Waals surface area contributed by atoms with Crippen molar-refractivity contribution in [3.05, 3.63) is 0 Å². The van der Waals surface area contributed by atoms with Gasteiger partial charge in [0.15, 0.2) is 0 Å². The minimum absolute atomic E-state index is 0.0219. The summed E-state index contributed by atoms with van der Waals surface area (Å²) in [5.41, 5.74) is -0.944. The molecule has 0 aromatic rings. The molecule has 2 aliphatic heterocycles. The number of aliphatic hydroxyl groups is 3. The SMILES string of the molecule is CCO[C@@H]([C@H]1C[C@@H](C)[C@H]2[C@H](O1)[C@H](O)[C@@]1(C)[C@@H]3CC[C@H]4C(C)(C)[C@@H](OC(=O)NCCN5CC(O)C5)CC[C@@]45C[C@@]35CC[C@]21C)C(C)(C)O. The lowest BCUT2D eigenvalue weighted by atomic mass is 9.41. The third-order valence-corrected chi connectivity index (χ3v) is 16.0. The first kappa shape index (κ1) is 34.5. The number of nitrogens with zero attached hydrogens (tertiary/aromatic N) is 1. The molecule has 7 fully saturated rings. The van der Waals surface area contributed by atoms with Crippen LogP contribution in [0.2, 0.25) is 0 Å². The highest BCUT2D eigenvalue weighted by Crippen LogP contribution is 2.89. The van der Waals surface area contributed by atoms with E-state index in [0.29, 0.717) is 44.0 Å². The Morgan fingerprint density at radius 1 is 1.04 bits per heavy atom. The number of fused-ring (bicyclic) bond motifs is 4. The van der Waals surface area contributed by atoms with Crippen LogP contribution < -0.4 is 5.32 Å². The number of β-amino-alcohol motifs (C(OH)–C–C–N with tert-alkyl or cyclic N) is 1. The minimum atomic E-state index is -1.03. The van der Waals surface area contributed by atoms with Gasteiger partial charge in [-0.25, -0.2) is 4.79 Å². The number of hydrogen-bond donors (Lipinski definition) is 4. The quantitative estimate of drug-likeness (QED) is 0.295. The van der Waals surface area contributed by atoms with Crippen LogP contribution in [0, 0.1) is 50.7 Å². The van der Waals surface area contributed by atoms with Gasteiger partial charge in [-0.3, -0.25) is 4.90 Å². The maximum absolute atomic E-state index is 12.9. The highest BCUT2D eigenvalue weighted by atomic mass is 16.6. The van der Waals surface area contributed by atoms with Gasteiger partial charge in [-0.15, -0.1) is 0 Å². The highest BCUT2D eigenvalue weighted by Gasteiger charge is 2.84. The summed E-state index contributed by atoms with van der Waals surface area (Å²) in [4.78, 5) is 15.0. The van der Waals surface area contributed by atoms with Crippen LogP contribution in [-0.4, -0.2) is 101 Å². The van der Waals surface area contributed by atoms with Gasteiger partial charge in [0.2, 0.25) is 0 Å². The van der Waals surface area contributed by atoms with E-state index in [-0.39, 0.29) is 63.5 Å². The van der Waals surface area contributed by atoms with Crippen molar-refractivity contribution >= 4 is 6.09 Å². The van der Waals surface area contributed by atoms with Gasteiger partial charge in [-0.2, -0.15) is 0 Å². The van der Waals surface area contributed by atoms with E-state index in [0.717, 1.165) is 45.1 Å². The fraction of sp³-hybridized carbons (Fsp3) is 0.974. The molecule has 5 aliphatic carbocycles.